The number of anilines is 1. The molecule has 1 aliphatic carbocycles. The molecule has 1 aromatic carbocycles. The topological polar surface area (TPSA) is 81.8 Å². The summed E-state index contributed by atoms with van der Waals surface area (Å²) in [5.74, 6) is -1.58. The van der Waals surface area contributed by atoms with E-state index in [4.69, 9.17) is 9.47 Å². The van der Waals surface area contributed by atoms with Crippen LogP contribution < -0.4 is 14.4 Å². The molecule has 1 aromatic heterocycles. The Labute approximate surface area is 204 Å². The van der Waals surface area contributed by atoms with Crippen molar-refractivity contribution in [3.05, 3.63) is 59.2 Å². The van der Waals surface area contributed by atoms with E-state index in [-0.39, 0.29) is 30.0 Å². The molecule has 0 radical (unpaired) electrons. The number of hydrogen-bond donors (Lipinski definition) is 0. The van der Waals surface area contributed by atoms with Crippen LogP contribution in [0.5, 0.6) is 11.5 Å². The Morgan fingerprint density at radius 3 is 2.44 bits per heavy atom. The smallest absolute Gasteiger partial charge is 0.238 e. The minimum atomic E-state index is -0.937. The molecule has 1 fully saturated rings. The van der Waals surface area contributed by atoms with Gasteiger partial charge in [-0.3, -0.25) is 14.8 Å². The highest BCUT2D eigenvalue weighted by Gasteiger charge is 2.57. The fourth-order valence-electron chi connectivity index (χ4n) is 5.39. The number of rotatable bonds is 5. The normalized spacial score (nSPS) is 20.3. The van der Waals surface area contributed by atoms with E-state index in [2.05, 4.69) is 19.5 Å². The first-order valence-corrected chi connectivity index (χ1v) is 11.7. The van der Waals surface area contributed by atoms with Crippen LogP contribution in [0.4, 0.5) is 14.5 Å². The Kier molecular flexibility index (Phi) is 4.26. The molecular weight excluding hydrogens is 468 g/mol. The third kappa shape index (κ3) is 2.84. The van der Waals surface area contributed by atoms with Crippen LogP contribution in [-0.2, 0) is 16.8 Å². The first kappa shape index (κ1) is 21.2. The molecule has 36 heavy (non-hydrogen) atoms. The van der Waals surface area contributed by atoms with Crippen molar-refractivity contribution >= 4 is 23.4 Å². The maximum Gasteiger partial charge on any atom is 0.238 e. The number of benzene rings is 1. The molecule has 5 aliphatic rings. The van der Waals surface area contributed by atoms with Crippen molar-refractivity contribution in [1.82, 2.24) is 14.5 Å². The molecule has 0 N–H and O–H groups in total. The second kappa shape index (κ2) is 7.22. The standard InChI is InChI=1S/C26H21F2N5O3/c1-35-19-7-20(36-2)22(28)23(21(19)27)33-11-14-9-30-17(6-16(14)26(3-4-26)25(33)34)13-5-15(10-29-8-13)32-12-18-24(32)31-18/h6-10,12,15H,3-5,11H2,1-2H3. The minimum Gasteiger partial charge on any atom is -0.493 e. The Morgan fingerprint density at radius 1 is 1.08 bits per heavy atom. The van der Waals surface area contributed by atoms with E-state index in [0.29, 0.717) is 19.3 Å². The first-order chi connectivity index (χ1) is 17.4. The summed E-state index contributed by atoms with van der Waals surface area (Å²) in [6, 6.07) is 3.16. The van der Waals surface area contributed by atoms with E-state index < -0.39 is 22.7 Å². The molecule has 1 unspecified atom stereocenters. The van der Waals surface area contributed by atoms with Crippen LogP contribution >= 0.6 is 0 Å². The van der Waals surface area contributed by atoms with Crippen LogP contribution in [-0.4, -0.2) is 40.9 Å². The van der Waals surface area contributed by atoms with Gasteiger partial charge in [0.25, 0.3) is 0 Å². The van der Waals surface area contributed by atoms with Gasteiger partial charge in [0.2, 0.25) is 5.91 Å². The summed E-state index contributed by atoms with van der Waals surface area (Å²) in [5, 5.41) is 0. The average Bonchev–Trinajstić information content (AvgIpc) is 3.80. The fourth-order valence-corrected chi connectivity index (χ4v) is 5.39. The van der Waals surface area contributed by atoms with Crippen molar-refractivity contribution < 1.29 is 23.0 Å². The van der Waals surface area contributed by atoms with Gasteiger partial charge in [-0.2, -0.15) is 0 Å². The molecule has 1 atom stereocenters. The van der Waals surface area contributed by atoms with Crippen molar-refractivity contribution in [3.63, 3.8) is 0 Å². The Morgan fingerprint density at radius 2 is 1.83 bits per heavy atom. The maximum absolute atomic E-state index is 15.3. The number of fused-ring (bicyclic) bond motifs is 3. The zero-order valence-electron chi connectivity index (χ0n) is 19.6. The van der Waals surface area contributed by atoms with E-state index in [9.17, 15) is 4.79 Å². The van der Waals surface area contributed by atoms with E-state index in [1.54, 1.807) is 12.4 Å². The summed E-state index contributed by atoms with van der Waals surface area (Å²) in [6.45, 7) is -0.00560. The number of carbonyl (C=O) groups excluding carboxylic acids is 1. The van der Waals surface area contributed by atoms with E-state index in [1.807, 2.05) is 18.5 Å². The number of hydrogen-bond acceptors (Lipinski definition) is 6. The van der Waals surface area contributed by atoms with E-state index in [1.165, 1.54) is 14.2 Å². The predicted molar refractivity (Wildman–Crippen MR) is 127 cm³/mol. The van der Waals surface area contributed by atoms with Crippen molar-refractivity contribution in [2.45, 2.75) is 37.3 Å². The number of aromatic nitrogens is 3. The number of ether oxygens (including phenoxy) is 2. The van der Waals surface area contributed by atoms with Crippen LogP contribution in [0.25, 0.3) is 17.1 Å². The molecule has 7 rings (SSSR count). The van der Waals surface area contributed by atoms with Crippen molar-refractivity contribution in [2.24, 2.45) is 4.99 Å². The maximum atomic E-state index is 15.3. The number of amides is 1. The molecule has 2 aromatic rings. The lowest BCUT2D eigenvalue weighted by Gasteiger charge is -2.35. The van der Waals surface area contributed by atoms with Crippen molar-refractivity contribution in [1.29, 1.82) is 0 Å². The Bertz CT molecular complexity index is 1510. The third-order valence-electron chi connectivity index (χ3n) is 7.57. The summed E-state index contributed by atoms with van der Waals surface area (Å²) >= 11 is 0. The average molecular weight is 489 g/mol. The lowest BCUT2D eigenvalue weighted by atomic mass is 9.85. The minimum absolute atomic E-state index is 0.00560. The van der Waals surface area contributed by atoms with Crippen LogP contribution in [0.15, 0.2) is 35.7 Å². The molecule has 182 valence electrons. The summed E-state index contributed by atoms with van der Waals surface area (Å²) in [4.78, 5) is 28.2. The third-order valence-corrected chi connectivity index (χ3v) is 7.57. The molecule has 1 saturated carbocycles. The molecule has 5 heterocycles. The SMILES string of the molecule is COc1cc(OC)c(F)c(N2Cc3cnc(C4=CN=CC(n5cc6nc5-6)C4)cc3C3(CC3)C2=O)c1F. The number of pyridine rings is 1. The molecule has 4 aliphatic heterocycles. The fraction of sp³-hybridized carbons (Fsp3) is 0.308. The zero-order valence-corrected chi connectivity index (χ0v) is 19.6. The number of carbonyl (C=O) groups is 1. The van der Waals surface area contributed by atoms with E-state index >= 15 is 8.78 Å². The van der Waals surface area contributed by atoms with E-state index in [0.717, 1.165) is 44.9 Å². The lowest BCUT2D eigenvalue weighted by Crippen LogP contribution is -2.45. The van der Waals surface area contributed by atoms with Crippen LogP contribution in [0, 0.1) is 11.6 Å². The summed E-state index contributed by atoms with van der Waals surface area (Å²) in [7, 11) is 2.56. The van der Waals surface area contributed by atoms with Gasteiger partial charge in [0.15, 0.2) is 29.0 Å². The molecule has 1 spiro atoms. The van der Waals surface area contributed by atoms with Gasteiger partial charge >= 0.3 is 0 Å². The van der Waals surface area contributed by atoms with Gasteiger partial charge in [-0.15, -0.1) is 0 Å². The largest absolute Gasteiger partial charge is 0.493 e. The Balaban J connectivity index is 1.26. The van der Waals surface area contributed by atoms with Gasteiger partial charge in [0.1, 0.15) is 11.4 Å². The lowest BCUT2D eigenvalue weighted by molar-refractivity contribution is -0.121. The van der Waals surface area contributed by atoms with Crippen molar-refractivity contribution in [2.75, 3.05) is 19.1 Å². The monoisotopic (exact) mass is 489 g/mol. The summed E-state index contributed by atoms with van der Waals surface area (Å²) < 4.78 is 42.8. The number of aliphatic imine (C=N–C) groups is 1. The Hall–Kier alpha value is -4.08. The number of halogens is 2. The van der Waals surface area contributed by atoms with Gasteiger partial charge in [-0.25, -0.2) is 13.8 Å². The number of allylic oxidation sites excluding steroid dienone is 1. The number of nitrogens with zero attached hydrogens (tertiary/aromatic N) is 5. The predicted octanol–water partition coefficient (Wildman–Crippen LogP) is 4.19. The van der Waals surface area contributed by atoms with Gasteiger partial charge in [0.05, 0.1) is 37.9 Å². The second-order valence-electron chi connectivity index (χ2n) is 9.54. The summed E-state index contributed by atoms with van der Waals surface area (Å²) in [6.07, 6.45) is 9.32. The quantitative estimate of drug-likeness (QED) is 0.420. The van der Waals surface area contributed by atoms with Crippen LogP contribution in [0.3, 0.4) is 0 Å². The van der Waals surface area contributed by atoms with Crippen LogP contribution in [0.1, 0.15) is 42.1 Å². The highest BCUT2D eigenvalue weighted by atomic mass is 19.1. The molecule has 0 saturated heterocycles. The molecule has 0 bridgehead atoms. The molecule has 10 heteroatoms. The molecular formula is C26H21F2N5O3. The molecule has 1 amide bonds. The highest BCUT2D eigenvalue weighted by Crippen LogP contribution is 2.55. The second-order valence-corrected chi connectivity index (χ2v) is 9.54. The van der Waals surface area contributed by atoms with Gasteiger partial charge < -0.3 is 18.9 Å². The highest BCUT2D eigenvalue weighted by molar-refractivity contribution is 6.05. The number of imidazole rings is 1. The van der Waals surface area contributed by atoms with Gasteiger partial charge in [-0.05, 0) is 35.6 Å². The summed E-state index contributed by atoms with van der Waals surface area (Å²) in [5.41, 5.74) is 3.11. The zero-order chi connectivity index (χ0) is 24.8. The van der Waals surface area contributed by atoms with Crippen molar-refractivity contribution in [3.8, 4) is 23.0 Å². The number of methoxy groups -OCH3 is 2. The van der Waals surface area contributed by atoms with Gasteiger partial charge in [0, 0.05) is 37.3 Å². The first-order valence-electron chi connectivity index (χ1n) is 11.7. The van der Waals surface area contributed by atoms with Gasteiger partial charge in [-0.1, -0.05) is 0 Å². The van der Waals surface area contributed by atoms with Crippen LogP contribution in [0.2, 0.25) is 0 Å². The molecule has 8 nitrogen and oxygen atoms in total.